The van der Waals surface area contributed by atoms with Gasteiger partial charge >= 0.3 is 11.7 Å². The predicted molar refractivity (Wildman–Crippen MR) is 124 cm³/mol. The number of unbranched alkanes of at least 4 members (excludes halogenated alkanes) is 1. The third-order valence-electron chi connectivity index (χ3n) is 5.99. The molecule has 0 amide bonds. The van der Waals surface area contributed by atoms with Crippen molar-refractivity contribution in [3.05, 3.63) is 62.6 Å². The topological polar surface area (TPSA) is 99.0 Å². The number of carbonyl (C=O) groups excluding carboxylic acids is 1. The summed E-state index contributed by atoms with van der Waals surface area (Å²) in [5.74, 6) is -0.144. The van der Waals surface area contributed by atoms with E-state index in [9.17, 15) is 14.4 Å². The Balaban J connectivity index is 1.94. The second-order valence-electron chi connectivity index (χ2n) is 8.09. The minimum absolute atomic E-state index is 0.0669. The molecule has 8 nitrogen and oxygen atoms in total. The Morgan fingerprint density at radius 1 is 1.12 bits per heavy atom. The molecular weight excluding hydrogens is 408 g/mol. The fraction of sp³-hybridized carbons (Fsp3) is 0.500. The van der Waals surface area contributed by atoms with E-state index in [2.05, 4.69) is 9.97 Å². The number of nitrogens with one attached hydrogen (secondary N) is 1. The maximum absolute atomic E-state index is 13.1. The number of esters is 1. The van der Waals surface area contributed by atoms with E-state index >= 15 is 0 Å². The van der Waals surface area contributed by atoms with Gasteiger partial charge in [-0.25, -0.2) is 9.78 Å². The van der Waals surface area contributed by atoms with Crippen molar-refractivity contribution in [3.8, 4) is 0 Å². The summed E-state index contributed by atoms with van der Waals surface area (Å²) in [6.45, 7) is 8.86. The Hall–Kier alpha value is -3.16. The van der Waals surface area contributed by atoms with Gasteiger partial charge in [0.2, 0.25) is 0 Å². The summed E-state index contributed by atoms with van der Waals surface area (Å²) in [4.78, 5) is 44.9. The molecule has 0 radical (unpaired) electrons. The number of carbonyl (C=O) groups is 1. The van der Waals surface area contributed by atoms with Crippen LogP contribution in [0.4, 0.5) is 0 Å². The van der Waals surface area contributed by atoms with Crippen LogP contribution in [0.5, 0.6) is 0 Å². The molecule has 0 aliphatic rings. The van der Waals surface area contributed by atoms with Gasteiger partial charge in [0.1, 0.15) is 12.4 Å². The highest BCUT2D eigenvalue weighted by Gasteiger charge is 2.28. The highest BCUT2D eigenvalue weighted by molar-refractivity contribution is 5.78. The van der Waals surface area contributed by atoms with Crippen molar-refractivity contribution in [2.75, 3.05) is 0 Å². The first-order valence-corrected chi connectivity index (χ1v) is 11.4. The maximum atomic E-state index is 13.1. The van der Waals surface area contributed by atoms with Gasteiger partial charge in [0.15, 0.2) is 11.2 Å². The first-order chi connectivity index (χ1) is 15.4. The molecule has 0 fully saturated rings. The maximum Gasteiger partial charge on any atom is 0.330 e. The molecule has 2 heterocycles. The summed E-state index contributed by atoms with van der Waals surface area (Å²) in [5.41, 5.74) is 0.630. The summed E-state index contributed by atoms with van der Waals surface area (Å²) in [6.07, 6.45) is 2.53. The molecule has 2 atom stereocenters. The zero-order valence-electron chi connectivity index (χ0n) is 19.3. The van der Waals surface area contributed by atoms with Crippen LogP contribution in [0.25, 0.3) is 11.2 Å². The third kappa shape index (κ3) is 4.69. The van der Waals surface area contributed by atoms with E-state index in [4.69, 9.17) is 4.74 Å². The van der Waals surface area contributed by atoms with Gasteiger partial charge in [-0.1, -0.05) is 63.9 Å². The van der Waals surface area contributed by atoms with Crippen LogP contribution >= 0.6 is 0 Å². The molecule has 1 aromatic carbocycles. The highest BCUT2D eigenvalue weighted by atomic mass is 16.5. The van der Waals surface area contributed by atoms with Gasteiger partial charge in [-0.05, 0) is 24.8 Å². The lowest BCUT2D eigenvalue weighted by Gasteiger charge is -2.22. The van der Waals surface area contributed by atoms with Crippen molar-refractivity contribution < 1.29 is 9.53 Å². The molecule has 8 heteroatoms. The van der Waals surface area contributed by atoms with E-state index in [0.717, 1.165) is 24.8 Å². The van der Waals surface area contributed by atoms with Gasteiger partial charge in [0.25, 0.3) is 5.56 Å². The average molecular weight is 441 g/mol. The molecule has 0 saturated carbocycles. The lowest BCUT2D eigenvalue weighted by Crippen LogP contribution is -2.31. The van der Waals surface area contributed by atoms with Crippen LogP contribution in [0.3, 0.4) is 0 Å². The quantitative estimate of drug-likeness (QED) is 0.486. The molecule has 3 rings (SSSR count). The number of aryl methyl sites for hydroxylation is 2. The lowest BCUT2D eigenvalue weighted by atomic mass is 9.86. The number of hydrogen-bond donors (Lipinski definition) is 1. The fourth-order valence-electron chi connectivity index (χ4n) is 4.01. The number of imidazole rings is 1. The summed E-state index contributed by atoms with van der Waals surface area (Å²) < 4.78 is 8.91. The second kappa shape index (κ2) is 10.4. The van der Waals surface area contributed by atoms with Gasteiger partial charge in [-0.3, -0.25) is 19.1 Å². The van der Waals surface area contributed by atoms with Crippen molar-refractivity contribution in [1.29, 1.82) is 0 Å². The number of benzene rings is 1. The largest absolute Gasteiger partial charge is 0.457 e. The Bertz CT molecular complexity index is 1180. The number of nitrogens with zero attached hydrogens (tertiary/aromatic N) is 3. The monoisotopic (exact) mass is 440 g/mol. The van der Waals surface area contributed by atoms with Gasteiger partial charge in [0.05, 0.1) is 5.92 Å². The van der Waals surface area contributed by atoms with E-state index in [1.807, 2.05) is 58.0 Å². The highest BCUT2D eigenvalue weighted by Crippen LogP contribution is 2.28. The Labute approximate surface area is 187 Å². The first kappa shape index (κ1) is 23.5. The zero-order valence-corrected chi connectivity index (χ0v) is 19.3. The first-order valence-electron chi connectivity index (χ1n) is 11.4. The Morgan fingerprint density at radius 2 is 1.84 bits per heavy atom. The Morgan fingerprint density at radius 3 is 2.47 bits per heavy atom. The van der Waals surface area contributed by atoms with Crippen LogP contribution in [0.1, 0.15) is 64.3 Å². The normalized spacial score (nSPS) is 13.2. The van der Waals surface area contributed by atoms with E-state index < -0.39 is 11.2 Å². The number of aromatic amines is 1. The van der Waals surface area contributed by atoms with Gasteiger partial charge in [-0.15, -0.1) is 0 Å². The van der Waals surface area contributed by atoms with E-state index in [1.165, 1.54) is 4.57 Å². The molecule has 2 aromatic heterocycles. The number of rotatable bonds is 10. The minimum Gasteiger partial charge on any atom is -0.457 e. The smallest absolute Gasteiger partial charge is 0.330 e. The van der Waals surface area contributed by atoms with E-state index in [0.29, 0.717) is 30.1 Å². The predicted octanol–water partition coefficient (Wildman–Crippen LogP) is 3.58. The number of hydrogen-bond acceptors (Lipinski definition) is 5. The third-order valence-corrected chi connectivity index (χ3v) is 5.99. The van der Waals surface area contributed by atoms with E-state index in [1.54, 1.807) is 4.57 Å². The van der Waals surface area contributed by atoms with Crippen LogP contribution in [-0.2, 0) is 29.2 Å². The molecule has 0 spiro atoms. The SMILES string of the molecule is CCCCn1c(=O)[nH]c(=O)c2c1nc(COC(=O)C(c1ccccc1)C(C)CC)n2CC. The molecular formula is C24H32N4O4. The van der Waals surface area contributed by atoms with Crippen molar-refractivity contribution in [3.63, 3.8) is 0 Å². The van der Waals surface area contributed by atoms with Crippen molar-refractivity contribution >= 4 is 17.1 Å². The summed E-state index contributed by atoms with van der Waals surface area (Å²) in [7, 11) is 0. The molecule has 0 aliphatic carbocycles. The van der Waals surface area contributed by atoms with Gasteiger partial charge < -0.3 is 9.30 Å². The summed E-state index contributed by atoms with van der Waals surface area (Å²) >= 11 is 0. The molecule has 0 aliphatic heterocycles. The fourth-order valence-corrected chi connectivity index (χ4v) is 4.01. The summed E-state index contributed by atoms with van der Waals surface area (Å²) in [6, 6.07) is 9.62. The number of fused-ring (bicyclic) bond motifs is 1. The van der Waals surface area contributed by atoms with Gasteiger partial charge in [0, 0.05) is 13.1 Å². The van der Waals surface area contributed by atoms with Crippen LogP contribution in [0, 0.1) is 5.92 Å². The minimum atomic E-state index is -0.480. The lowest BCUT2D eigenvalue weighted by molar-refractivity contribution is -0.148. The molecule has 172 valence electrons. The van der Waals surface area contributed by atoms with Crippen LogP contribution in [-0.4, -0.2) is 25.1 Å². The number of aromatic nitrogens is 4. The van der Waals surface area contributed by atoms with Crippen LogP contribution in [0.2, 0.25) is 0 Å². The number of H-pyrrole nitrogens is 1. The molecule has 2 unspecified atom stereocenters. The van der Waals surface area contributed by atoms with Crippen LogP contribution < -0.4 is 11.2 Å². The van der Waals surface area contributed by atoms with Crippen molar-refractivity contribution in [2.45, 2.75) is 72.6 Å². The molecule has 0 saturated heterocycles. The molecule has 1 N–H and O–H groups in total. The molecule has 32 heavy (non-hydrogen) atoms. The van der Waals surface area contributed by atoms with Crippen molar-refractivity contribution in [1.82, 2.24) is 19.1 Å². The standard InChI is InChI=1S/C24H32N4O4/c1-5-8-14-28-21-20(22(29)26-24(28)31)27(7-3)18(25-21)15-32-23(30)19(16(4)6-2)17-12-10-9-11-13-17/h9-13,16,19H,5-8,14-15H2,1-4H3,(H,26,29,31). The summed E-state index contributed by atoms with van der Waals surface area (Å²) in [5, 5.41) is 0. The van der Waals surface area contributed by atoms with Crippen molar-refractivity contribution in [2.24, 2.45) is 5.92 Å². The Kier molecular flexibility index (Phi) is 7.66. The van der Waals surface area contributed by atoms with Gasteiger partial charge in [-0.2, -0.15) is 0 Å². The van der Waals surface area contributed by atoms with Crippen LogP contribution in [0.15, 0.2) is 39.9 Å². The molecule has 0 bridgehead atoms. The number of ether oxygens (including phenoxy) is 1. The average Bonchev–Trinajstić information content (AvgIpc) is 3.17. The zero-order chi connectivity index (χ0) is 23.3. The second-order valence-corrected chi connectivity index (χ2v) is 8.09. The molecule has 3 aromatic rings. The van der Waals surface area contributed by atoms with E-state index in [-0.39, 0.29) is 24.4 Å².